The number of Topliss-reactive ketones (excluding diaryl/α,β-unsaturated/α-hetero) is 1. The van der Waals surface area contributed by atoms with Gasteiger partial charge in [0.15, 0.2) is 0 Å². The van der Waals surface area contributed by atoms with Crippen LogP contribution in [-0.4, -0.2) is 65.6 Å². The van der Waals surface area contributed by atoms with Gasteiger partial charge >= 0.3 is 5.97 Å². The number of ketones is 1. The summed E-state index contributed by atoms with van der Waals surface area (Å²) in [7, 11) is 1.56. The van der Waals surface area contributed by atoms with E-state index in [9.17, 15) is 24.9 Å². The van der Waals surface area contributed by atoms with Gasteiger partial charge in [-0.1, -0.05) is 30.6 Å². The molecular weight excluding hydrogens is 614 g/mol. The standard InChI is InChI=1S/C38H43NO9/c1-4-46-37(43)30-16-25(22-14-23(18-40)33(42)26(15-22)20-9-10-29-21(13-20)11-12-39-29)32-35(45-3)27-17-31(38(2,44)24-7-5-6-8-24)48-34(27)28(19-41)36(32)47-30/h9-11,13,16,23-24,26,31,40-41,44H,4-8,12,14-15,17-19H2,1-3H3. The zero-order chi connectivity index (χ0) is 33.7. The number of allylic oxidation sites excluding steroid dienone is 3. The summed E-state index contributed by atoms with van der Waals surface area (Å²) < 4.78 is 24.2. The van der Waals surface area contributed by atoms with Gasteiger partial charge in [0.05, 0.1) is 50.0 Å². The van der Waals surface area contributed by atoms with Crippen LogP contribution in [0.4, 0.5) is 0 Å². The topological polar surface area (TPSA) is 144 Å². The number of hydrogen-bond acceptors (Lipinski definition) is 10. The van der Waals surface area contributed by atoms with Crippen LogP contribution in [0.1, 0.15) is 80.5 Å². The summed E-state index contributed by atoms with van der Waals surface area (Å²) in [5, 5.41) is 34.9. The van der Waals surface area contributed by atoms with Gasteiger partial charge in [-0.05, 0) is 80.0 Å². The van der Waals surface area contributed by atoms with Crippen molar-refractivity contribution in [3.63, 3.8) is 0 Å². The van der Waals surface area contributed by atoms with E-state index in [-0.39, 0.29) is 42.8 Å². The van der Waals surface area contributed by atoms with Crippen LogP contribution in [0.25, 0.3) is 11.6 Å². The summed E-state index contributed by atoms with van der Waals surface area (Å²) in [5.41, 5.74) is 2.78. The SMILES string of the molecule is CCOC(=O)C1=CC(=C2CC(CO)C(=O)C(c3ccc4c(c3)=CCN=4)C2)c2c(OC)c3c(c(CO)c2O1)OC(C(C)(O)C1CCCC1)C3. The summed E-state index contributed by atoms with van der Waals surface area (Å²) in [6.07, 6.45) is 8.00. The molecule has 4 atom stereocenters. The van der Waals surface area contributed by atoms with Gasteiger partial charge < -0.3 is 34.3 Å². The van der Waals surface area contributed by atoms with E-state index in [1.807, 2.05) is 31.2 Å². The number of methoxy groups -OCH3 is 1. The van der Waals surface area contributed by atoms with Crippen molar-refractivity contribution >= 4 is 23.4 Å². The van der Waals surface area contributed by atoms with Gasteiger partial charge in [0.25, 0.3) is 0 Å². The van der Waals surface area contributed by atoms with Crippen LogP contribution >= 0.6 is 0 Å². The van der Waals surface area contributed by atoms with Crippen LogP contribution in [-0.2, 0) is 27.4 Å². The molecule has 0 bridgehead atoms. The number of ether oxygens (including phenoxy) is 4. The van der Waals surface area contributed by atoms with Crippen LogP contribution in [0.5, 0.6) is 17.2 Å². The van der Waals surface area contributed by atoms with Gasteiger partial charge in [0, 0.05) is 23.8 Å². The Morgan fingerprint density at radius 1 is 1.12 bits per heavy atom. The van der Waals surface area contributed by atoms with Crippen LogP contribution in [0, 0.1) is 11.8 Å². The predicted molar refractivity (Wildman–Crippen MR) is 176 cm³/mol. The molecule has 0 aromatic heterocycles. The highest BCUT2D eigenvalue weighted by Gasteiger charge is 2.48. The molecule has 10 heteroatoms. The Bertz CT molecular complexity index is 1850. The van der Waals surface area contributed by atoms with Gasteiger partial charge in [-0.15, -0.1) is 0 Å². The van der Waals surface area contributed by atoms with Crippen molar-refractivity contribution in [2.45, 2.75) is 83.0 Å². The Labute approximate surface area is 279 Å². The molecule has 0 saturated heterocycles. The monoisotopic (exact) mass is 657 g/mol. The number of carbonyl (C=O) groups excluding carboxylic acids is 2. The van der Waals surface area contributed by atoms with E-state index in [0.29, 0.717) is 53.1 Å². The molecule has 48 heavy (non-hydrogen) atoms. The molecule has 3 heterocycles. The summed E-state index contributed by atoms with van der Waals surface area (Å²) in [6.45, 7) is 3.48. The number of benzene rings is 2. The van der Waals surface area contributed by atoms with E-state index in [1.165, 1.54) is 0 Å². The van der Waals surface area contributed by atoms with Crippen LogP contribution < -0.4 is 24.8 Å². The van der Waals surface area contributed by atoms with Crippen molar-refractivity contribution in [2.75, 3.05) is 26.9 Å². The number of hydrogen-bond donors (Lipinski definition) is 3. The molecule has 3 aliphatic heterocycles. The van der Waals surface area contributed by atoms with Crippen LogP contribution in [0.2, 0.25) is 0 Å². The molecule has 7 rings (SSSR count). The Morgan fingerprint density at radius 2 is 1.92 bits per heavy atom. The first-order valence-corrected chi connectivity index (χ1v) is 17.0. The molecule has 0 amide bonds. The molecule has 2 aromatic rings. The second kappa shape index (κ2) is 12.8. The lowest BCUT2D eigenvalue weighted by Gasteiger charge is -2.35. The fourth-order valence-electron chi connectivity index (χ4n) is 8.35. The van der Waals surface area contributed by atoms with E-state index in [2.05, 4.69) is 4.99 Å². The zero-order valence-corrected chi connectivity index (χ0v) is 27.7. The summed E-state index contributed by atoms with van der Waals surface area (Å²) in [4.78, 5) is 31.5. The van der Waals surface area contributed by atoms with E-state index in [0.717, 1.165) is 47.4 Å². The maximum atomic E-state index is 13.8. The predicted octanol–water partition coefficient (Wildman–Crippen LogP) is 3.19. The van der Waals surface area contributed by atoms with Crippen molar-refractivity contribution in [1.29, 1.82) is 0 Å². The highest BCUT2D eigenvalue weighted by molar-refractivity contribution is 5.98. The average molecular weight is 658 g/mol. The van der Waals surface area contributed by atoms with Crippen molar-refractivity contribution in [1.82, 2.24) is 0 Å². The Hall–Kier alpha value is -3.99. The van der Waals surface area contributed by atoms with Gasteiger partial charge in [-0.25, -0.2) is 4.79 Å². The molecule has 4 unspecified atom stereocenters. The number of esters is 1. The molecule has 5 aliphatic rings. The van der Waals surface area contributed by atoms with Crippen molar-refractivity contribution in [2.24, 2.45) is 16.8 Å². The first-order valence-electron chi connectivity index (χ1n) is 17.0. The number of carbonyl (C=O) groups is 2. The molecule has 2 aliphatic carbocycles. The fraction of sp³-hybridized carbons (Fsp3) is 0.500. The number of rotatable bonds is 8. The molecule has 254 valence electrons. The first kappa shape index (κ1) is 32.6. The smallest absolute Gasteiger partial charge is 0.374 e. The van der Waals surface area contributed by atoms with E-state index in [1.54, 1.807) is 20.1 Å². The molecule has 2 fully saturated rings. The Kier molecular flexibility index (Phi) is 8.68. The number of aliphatic hydroxyl groups is 3. The maximum Gasteiger partial charge on any atom is 0.374 e. The summed E-state index contributed by atoms with van der Waals surface area (Å²) in [6, 6.07) is 5.85. The highest BCUT2D eigenvalue weighted by Crippen LogP contribution is 2.56. The Morgan fingerprint density at radius 3 is 2.62 bits per heavy atom. The fourth-order valence-corrected chi connectivity index (χ4v) is 8.35. The average Bonchev–Trinajstić information content (AvgIpc) is 3.88. The lowest BCUT2D eigenvalue weighted by Crippen LogP contribution is -2.47. The third kappa shape index (κ3) is 5.34. The normalized spacial score (nSPS) is 25.8. The molecular formula is C38H43NO9. The van der Waals surface area contributed by atoms with Crippen LogP contribution in [0.3, 0.4) is 0 Å². The van der Waals surface area contributed by atoms with E-state index >= 15 is 0 Å². The first-order chi connectivity index (χ1) is 23.2. The molecule has 3 N–H and O–H groups in total. The minimum absolute atomic E-state index is 0.0408. The Balaban J connectivity index is 1.40. The number of fused-ring (bicyclic) bond motifs is 3. The number of aliphatic hydroxyl groups excluding tert-OH is 2. The highest BCUT2D eigenvalue weighted by atomic mass is 16.6. The van der Waals surface area contributed by atoms with Gasteiger partial charge in [0.1, 0.15) is 34.7 Å². The zero-order valence-electron chi connectivity index (χ0n) is 27.7. The van der Waals surface area contributed by atoms with Crippen molar-refractivity contribution in [3.05, 3.63) is 68.4 Å². The molecule has 0 radical (unpaired) electrons. The minimum atomic E-state index is -1.11. The largest absolute Gasteiger partial charge is 0.496 e. The lowest BCUT2D eigenvalue weighted by atomic mass is 9.72. The van der Waals surface area contributed by atoms with Gasteiger partial charge in [-0.2, -0.15) is 0 Å². The van der Waals surface area contributed by atoms with Crippen molar-refractivity contribution in [3.8, 4) is 17.2 Å². The molecule has 0 spiro atoms. The van der Waals surface area contributed by atoms with Gasteiger partial charge in [-0.3, -0.25) is 9.79 Å². The van der Waals surface area contributed by atoms with Crippen molar-refractivity contribution < 1.29 is 43.9 Å². The van der Waals surface area contributed by atoms with Gasteiger partial charge in [0.2, 0.25) is 5.76 Å². The quantitative estimate of drug-likeness (QED) is 0.365. The molecule has 2 aromatic carbocycles. The van der Waals surface area contributed by atoms with E-state index in [4.69, 9.17) is 18.9 Å². The second-order valence-electron chi connectivity index (χ2n) is 13.7. The van der Waals surface area contributed by atoms with E-state index < -0.39 is 36.1 Å². The maximum absolute atomic E-state index is 13.8. The van der Waals surface area contributed by atoms with Crippen LogP contribution in [0.15, 0.2) is 40.6 Å². The lowest BCUT2D eigenvalue weighted by molar-refractivity contribution is -0.141. The summed E-state index contributed by atoms with van der Waals surface area (Å²) in [5.74, 6) is -0.834. The minimum Gasteiger partial charge on any atom is -0.496 e. The third-order valence-corrected chi connectivity index (χ3v) is 10.9. The summed E-state index contributed by atoms with van der Waals surface area (Å²) >= 11 is 0. The number of nitrogens with zero attached hydrogens (tertiary/aromatic N) is 1. The third-order valence-electron chi connectivity index (χ3n) is 10.9. The molecule has 2 saturated carbocycles. The second-order valence-corrected chi connectivity index (χ2v) is 13.7. The molecule has 10 nitrogen and oxygen atoms in total.